The number of hydrogen-bond acceptors (Lipinski definition) is 3. The molecule has 90 valence electrons. The van der Waals surface area contributed by atoms with E-state index >= 15 is 0 Å². The monoisotopic (exact) mass is 223 g/mol. The molecule has 0 spiro atoms. The molecule has 16 heavy (non-hydrogen) atoms. The lowest BCUT2D eigenvalue weighted by Gasteiger charge is -2.20. The maximum atomic E-state index is 5.44. The van der Waals surface area contributed by atoms with Crippen molar-refractivity contribution in [1.29, 1.82) is 0 Å². The van der Waals surface area contributed by atoms with E-state index in [-0.39, 0.29) is 6.04 Å². The smallest absolute Gasteiger partial charge is 0.123 e. The molecular formula is C13H21NO2. The van der Waals surface area contributed by atoms with E-state index in [2.05, 4.69) is 12.2 Å². The fourth-order valence-electron chi connectivity index (χ4n) is 2.51. The molecule has 3 unspecified atom stereocenters. The highest BCUT2D eigenvalue weighted by atomic mass is 16.5. The van der Waals surface area contributed by atoms with Gasteiger partial charge in [-0.3, -0.25) is 0 Å². The molecule has 3 atom stereocenters. The fourth-order valence-corrected chi connectivity index (χ4v) is 2.51. The van der Waals surface area contributed by atoms with Gasteiger partial charge in [0.2, 0.25) is 0 Å². The number of ether oxygens (including phenoxy) is 1. The second-order valence-electron chi connectivity index (χ2n) is 4.81. The van der Waals surface area contributed by atoms with Crippen LogP contribution in [0.1, 0.15) is 38.0 Å². The molecular weight excluding hydrogens is 202 g/mol. The third-order valence-electron chi connectivity index (χ3n) is 3.35. The molecule has 0 aliphatic heterocycles. The normalized spacial score (nSPS) is 27.1. The van der Waals surface area contributed by atoms with E-state index in [1.54, 1.807) is 13.4 Å². The van der Waals surface area contributed by atoms with E-state index in [0.717, 1.165) is 11.7 Å². The van der Waals surface area contributed by atoms with Gasteiger partial charge in [-0.25, -0.2) is 0 Å². The molecule has 2 rings (SSSR count). The summed E-state index contributed by atoms with van der Waals surface area (Å²) in [7, 11) is 1.73. The van der Waals surface area contributed by atoms with Crippen LogP contribution in [0.3, 0.4) is 0 Å². The second kappa shape index (κ2) is 5.51. The van der Waals surface area contributed by atoms with Crippen LogP contribution in [0.25, 0.3) is 0 Å². The van der Waals surface area contributed by atoms with Gasteiger partial charge < -0.3 is 14.5 Å². The Balaban J connectivity index is 1.93. The lowest BCUT2D eigenvalue weighted by Crippen LogP contribution is -2.33. The Kier molecular flexibility index (Phi) is 4.02. The summed E-state index contributed by atoms with van der Waals surface area (Å²) < 4.78 is 10.7. The van der Waals surface area contributed by atoms with Crippen molar-refractivity contribution >= 4 is 0 Å². The first-order valence-corrected chi connectivity index (χ1v) is 6.08. The van der Waals surface area contributed by atoms with Gasteiger partial charge in [-0.05, 0) is 37.3 Å². The largest absolute Gasteiger partial charge is 0.468 e. The van der Waals surface area contributed by atoms with Crippen LogP contribution in [0, 0.1) is 5.92 Å². The van der Waals surface area contributed by atoms with E-state index in [4.69, 9.17) is 9.15 Å². The highest BCUT2D eigenvalue weighted by Crippen LogP contribution is 2.27. The molecule has 0 bridgehead atoms. The predicted octanol–water partition coefficient (Wildman–Crippen LogP) is 2.75. The van der Waals surface area contributed by atoms with E-state index in [0.29, 0.717) is 12.6 Å². The number of furan rings is 1. The minimum Gasteiger partial charge on any atom is -0.468 e. The van der Waals surface area contributed by atoms with Gasteiger partial charge in [0.15, 0.2) is 0 Å². The van der Waals surface area contributed by atoms with E-state index in [9.17, 15) is 0 Å². The van der Waals surface area contributed by atoms with Crippen LogP contribution in [0.5, 0.6) is 0 Å². The second-order valence-corrected chi connectivity index (χ2v) is 4.81. The standard InChI is InChI=1S/C13H21NO2/c1-10-5-6-11(8-10)14-12(9-15-2)13-4-3-7-16-13/h3-4,7,10-12,14H,5-6,8-9H2,1-2H3. The number of hydrogen-bond donors (Lipinski definition) is 1. The van der Waals surface area contributed by atoms with Gasteiger partial charge in [0.1, 0.15) is 5.76 Å². The molecule has 3 heteroatoms. The van der Waals surface area contributed by atoms with Crippen LogP contribution < -0.4 is 5.32 Å². The number of nitrogens with one attached hydrogen (secondary N) is 1. The third-order valence-corrected chi connectivity index (χ3v) is 3.35. The van der Waals surface area contributed by atoms with Gasteiger partial charge in [-0.1, -0.05) is 6.92 Å². The Labute approximate surface area is 97.2 Å². The van der Waals surface area contributed by atoms with Gasteiger partial charge in [-0.2, -0.15) is 0 Å². The Hall–Kier alpha value is -0.800. The molecule has 3 nitrogen and oxygen atoms in total. The SMILES string of the molecule is COCC(NC1CCC(C)C1)c1ccco1. The van der Waals surface area contributed by atoms with Crippen molar-refractivity contribution in [3.8, 4) is 0 Å². The summed E-state index contributed by atoms with van der Waals surface area (Å²) in [5, 5.41) is 3.63. The molecule has 0 radical (unpaired) electrons. The van der Waals surface area contributed by atoms with Crippen molar-refractivity contribution in [2.45, 2.75) is 38.3 Å². The van der Waals surface area contributed by atoms with Gasteiger partial charge in [-0.15, -0.1) is 0 Å². The molecule has 1 aliphatic rings. The van der Waals surface area contributed by atoms with Gasteiger partial charge in [0.05, 0.1) is 18.9 Å². The topological polar surface area (TPSA) is 34.4 Å². The minimum absolute atomic E-state index is 0.190. The highest BCUT2D eigenvalue weighted by Gasteiger charge is 2.25. The van der Waals surface area contributed by atoms with Gasteiger partial charge in [0, 0.05) is 13.2 Å². The Morgan fingerprint density at radius 1 is 1.56 bits per heavy atom. The van der Waals surface area contributed by atoms with E-state index in [1.807, 2.05) is 12.1 Å². The summed E-state index contributed by atoms with van der Waals surface area (Å²) in [5.41, 5.74) is 0. The zero-order valence-electron chi connectivity index (χ0n) is 10.1. The van der Waals surface area contributed by atoms with Crippen LogP contribution in [0.2, 0.25) is 0 Å². The molecule has 0 aromatic carbocycles. The first kappa shape index (κ1) is 11.7. The molecule has 1 aromatic heterocycles. The third kappa shape index (κ3) is 2.86. The lowest BCUT2D eigenvalue weighted by atomic mass is 10.1. The first-order chi connectivity index (χ1) is 7.79. The van der Waals surface area contributed by atoms with Gasteiger partial charge in [0.25, 0.3) is 0 Å². The zero-order chi connectivity index (χ0) is 11.4. The van der Waals surface area contributed by atoms with E-state index in [1.165, 1.54) is 19.3 Å². The molecule has 0 saturated heterocycles. The van der Waals surface area contributed by atoms with E-state index < -0.39 is 0 Å². The molecule has 1 N–H and O–H groups in total. The van der Waals surface area contributed by atoms with Crippen molar-refractivity contribution < 1.29 is 9.15 Å². The Morgan fingerprint density at radius 3 is 3.00 bits per heavy atom. The van der Waals surface area contributed by atoms with Crippen LogP contribution in [0.4, 0.5) is 0 Å². The molecule has 1 heterocycles. The van der Waals surface area contributed by atoms with Crippen molar-refractivity contribution in [2.24, 2.45) is 5.92 Å². The Morgan fingerprint density at radius 2 is 2.44 bits per heavy atom. The van der Waals surface area contributed by atoms with Crippen LogP contribution in [-0.2, 0) is 4.74 Å². The van der Waals surface area contributed by atoms with Crippen LogP contribution in [0.15, 0.2) is 22.8 Å². The average molecular weight is 223 g/mol. The summed E-state index contributed by atoms with van der Waals surface area (Å²) in [4.78, 5) is 0. The van der Waals surface area contributed by atoms with Crippen molar-refractivity contribution in [2.75, 3.05) is 13.7 Å². The van der Waals surface area contributed by atoms with Gasteiger partial charge >= 0.3 is 0 Å². The molecule has 1 aromatic rings. The molecule has 1 aliphatic carbocycles. The Bertz CT molecular complexity index is 297. The summed E-state index contributed by atoms with van der Waals surface area (Å²) in [5.74, 6) is 1.82. The molecule has 1 fully saturated rings. The molecule has 1 saturated carbocycles. The average Bonchev–Trinajstić information content (AvgIpc) is 2.88. The minimum atomic E-state index is 0.190. The highest BCUT2D eigenvalue weighted by molar-refractivity contribution is 5.05. The first-order valence-electron chi connectivity index (χ1n) is 6.08. The van der Waals surface area contributed by atoms with Crippen molar-refractivity contribution in [1.82, 2.24) is 5.32 Å². The summed E-state index contributed by atoms with van der Waals surface area (Å²) in [6, 6.07) is 4.74. The lowest BCUT2D eigenvalue weighted by molar-refractivity contribution is 0.150. The zero-order valence-corrected chi connectivity index (χ0v) is 10.1. The summed E-state index contributed by atoms with van der Waals surface area (Å²) in [6.45, 7) is 2.98. The summed E-state index contributed by atoms with van der Waals surface area (Å²) in [6.07, 6.45) is 5.58. The van der Waals surface area contributed by atoms with Crippen molar-refractivity contribution in [3.63, 3.8) is 0 Å². The number of methoxy groups -OCH3 is 1. The maximum absolute atomic E-state index is 5.44. The number of rotatable bonds is 5. The van der Waals surface area contributed by atoms with Crippen LogP contribution in [-0.4, -0.2) is 19.8 Å². The maximum Gasteiger partial charge on any atom is 0.123 e. The summed E-state index contributed by atoms with van der Waals surface area (Å²) >= 11 is 0. The molecule has 0 amide bonds. The fraction of sp³-hybridized carbons (Fsp3) is 0.692. The quantitative estimate of drug-likeness (QED) is 0.833. The predicted molar refractivity (Wildman–Crippen MR) is 63.3 cm³/mol. The van der Waals surface area contributed by atoms with Crippen LogP contribution >= 0.6 is 0 Å². The van der Waals surface area contributed by atoms with Crippen molar-refractivity contribution in [3.05, 3.63) is 24.2 Å².